The third kappa shape index (κ3) is 4.48. The van der Waals surface area contributed by atoms with Gasteiger partial charge in [0.1, 0.15) is 0 Å². The van der Waals surface area contributed by atoms with E-state index in [0.29, 0.717) is 0 Å². The molecular weight excluding hydrogens is 234 g/mol. The number of benzene rings is 1. The minimum absolute atomic E-state index is 0.116. The lowest BCUT2D eigenvalue weighted by Crippen LogP contribution is -2.28. The number of hydrogen-bond donors (Lipinski definition) is 1. The second-order valence-corrected chi connectivity index (χ2v) is 6.28. The van der Waals surface area contributed by atoms with Crippen molar-refractivity contribution in [2.75, 3.05) is 5.75 Å². The molecule has 0 saturated heterocycles. The van der Waals surface area contributed by atoms with Crippen LogP contribution < -0.4 is 4.72 Å². The first-order valence-corrected chi connectivity index (χ1v) is 7.72. The molecule has 0 bridgehead atoms. The second-order valence-electron chi connectivity index (χ2n) is 4.23. The molecule has 1 N–H and O–H groups in total. The van der Waals surface area contributed by atoms with Crippen LogP contribution >= 0.6 is 0 Å². The zero-order valence-corrected chi connectivity index (χ0v) is 11.5. The summed E-state index contributed by atoms with van der Waals surface area (Å²) in [5.74, 6) is 0.116. The van der Waals surface area contributed by atoms with Crippen LogP contribution in [0.15, 0.2) is 24.3 Å². The summed E-state index contributed by atoms with van der Waals surface area (Å²) in [6, 6.07) is 7.95. The van der Waals surface area contributed by atoms with Crippen molar-refractivity contribution < 1.29 is 8.42 Å². The average Bonchev–Trinajstić information content (AvgIpc) is 2.30. The highest BCUT2D eigenvalue weighted by Gasteiger charge is 2.13. The van der Waals surface area contributed by atoms with Gasteiger partial charge in [-0.15, -0.1) is 0 Å². The Morgan fingerprint density at radius 1 is 1.18 bits per heavy atom. The normalized spacial score (nSPS) is 13.6. The van der Waals surface area contributed by atoms with E-state index >= 15 is 0 Å². The maximum atomic E-state index is 11.4. The lowest BCUT2D eigenvalue weighted by atomic mass is 10.0. The third-order valence-corrected chi connectivity index (χ3v) is 4.23. The Morgan fingerprint density at radius 2 is 1.76 bits per heavy atom. The largest absolute Gasteiger partial charge is 0.212 e. The minimum atomic E-state index is -3.14. The van der Waals surface area contributed by atoms with Crippen LogP contribution in [0.25, 0.3) is 0 Å². The van der Waals surface area contributed by atoms with Crippen molar-refractivity contribution in [2.24, 2.45) is 0 Å². The van der Waals surface area contributed by atoms with E-state index in [-0.39, 0.29) is 11.8 Å². The fraction of sp³-hybridized carbons (Fsp3) is 0.538. The van der Waals surface area contributed by atoms with Gasteiger partial charge in [0.2, 0.25) is 10.0 Å². The topological polar surface area (TPSA) is 46.2 Å². The Bertz CT molecular complexity index is 437. The second kappa shape index (κ2) is 6.17. The molecule has 1 aromatic carbocycles. The van der Waals surface area contributed by atoms with Gasteiger partial charge >= 0.3 is 0 Å². The quantitative estimate of drug-likeness (QED) is 0.849. The van der Waals surface area contributed by atoms with Crippen LogP contribution in [0.2, 0.25) is 0 Å². The molecular formula is C13H21NO2S. The van der Waals surface area contributed by atoms with E-state index in [4.69, 9.17) is 0 Å². The standard InChI is InChI=1S/C13H21NO2S/c1-4-6-12-7-9-13(10-8-12)11(3)14-17(15,16)5-2/h7-11,14H,4-6H2,1-3H3. The van der Waals surface area contributed by atoms with Crippen molar-refractivity contribution in [2.45, 2.75) is 39.7 Å². The Kier molecular flexibility index (Phi) is 5.15. The maximum absolute atomic E-state index is 11.4. The predicted octanol–water partition coefficient (Wildman–Crippen LogP) is 2.64. The van der Waals surface area contributed by atoms with Crippen LogP contribution in [0.5, 0.6) is 0 Å². The average molecular weight is 255 g/mol. The molecule has 0 aliphatic rings. The molecule has 4 heteroatoms. The van der Waals surface area contributed by atoms with Crippen LogP contribution in [0.3, 0.4) is 0 Å². The van der Waals surface area contributed by atoms with Gasteiger partial charge in [-0.3, -0.25) is 0 Å². The van der Waals surface area contributed by atoms with Crippen LogP contribution in [0, 0.1) is 0 Å². The van der Waals surface area contributed by atoms with Crippen molar-refractivity contribution in [3.05, 3.63) is 35.4 Å². The van der Waals surface area contributed by atoms with E-state index in [0.717, 1.165) is 18.4 Å². The molecule has 0 radical (unpaired) electrons. The van der Waals surface area contributed by atoms with E-state index < -0.39 is 10.0 Å². The molecule has 1 aromatic rings. The first-order chi connectivity index (χ1) is 7.98. The highest BCUT2D eigenvalue weighted by Crippen LogP contribution is 2.15. The summed E-state index contributed by atoms with van der Waals surface area (Å²) < 4.78 is 25.5. The molecule has 0 heterocycles. The Balaban J connectivity index is 2.73. The molecule has 0 spiro atoms. The van der Waals surface area contributed by atoms with Crippen molar-refractivity contribution in [1.29, 1.82) is 0 Å². The number of sulfonamides is 1. The molecule has 0 aromatic heterocycles. The molecule has 0 aliphatic carbocycles. The van der Waals surface area contributed by atoms with Crippen LogP contribution in [-0.4, -0.2) is 14.2 Å². The Hall–Kier alpha value is -0.870. The van der Waals surface area contributed by atoms with Crippen LogP contribution in [-0.2, 0) is 16.4 Å². The van der Waals surface area contributed by atoms with E-state index in [1.807, 2.05) is 19.1 Å². The zero-order valence-electron chi connectivity index (χ0n) is 10.7. The first kappa shape index (κ1) is 14.2. The van der Waals surface area contributed by atoms with Crippen molar-refractivity contribution in [3.63, 3.8) is 0 Å². The smallest absolute Gasteiger partial charge is 0.211 e. The highest BCUT2D eigenvalue weighted by molar-refractivity contribution is 7.89. The third-order valence-electron chi connectivity index (χ3n) is 2.75. The lowest BCUT2D eigenvalue weighted by molar-refractivity contribution is 0.568. The van der Waals surface area contributed by atoms with Gasteiger partial charge in [0.05, 0.1) is 5.75 Å². The number of aryl methyl sites for hydroxylation is 1. The molecule has 0 aliphatic heterocycles. The van der Waals surface area contributed by atoms with Gasteiger partial charge in [0, 0.05) is 6.04 Å². The lowest BCUT2D eigenvalue weighted by Gasteiger charge is -2.14. The molecule has 0 saturated carbocycles. The van der Waals surface area contributed by atoms with Gasteiger partial charge in [0.15, 0.2) is 0 Å². The van der Waals surface area contributed by atoms with Gasteiger partial charge < -0.3 is 0 Å². The molecule has 1 unspecified atom stereocenters. The van der Waals surface area contributed by atoms with Crippen LogP contribution in [0.1, 0.15) is 44.4 Å². The summed E-state index contributed by atoms with van der Waals surface area (Å²) in [5, 5.41) is 0. The monoisotopic (exact) mass is 255 g/mol. The minimum Gasteiger partial charge on any atom is -0.212 e. The number of nitrogens with one attached hydrogen (secondary N) is 1. The summed E-state index contributed by atoms with van der Waals surface area (Å²) in [6.07, 6.45) is 2.19. The molecule has 96 valence electrons. The van der Waals surface area contributed by atoms with E-state index in [2.05, 4.69) is 23.8 Å². The molecule has 17 heavy (non-hydrogen) atoms. The Labute approximate surface area is 104 Å². The summed E-state index contributed by atoms with van der Waals surface area (Å²) in [5.41, 5.74) is 2.30. The Morgan fingerprint density at radius 3 is 2.24 bits per heavy atom. The maximum Gasteiger partial charge on any atom is 0.211 e. The zero-order chi connectivity index (χ0) is 12.9. The van der Waals surface area contributed by atoms with Gasteiger partial charge in [0.25, 0.3) is 0 Å². The molecule has 0 amide bonds. The van der Waals surface area contributed by atoms with E-state index in [1.165, 1.54) is 5.56 Å². The summed E-state index contributed by atoms with van der Waals surface area (Å²) in [6.45, 7) is 5.65. The van der Waals surface area contributed by atoms with Gasteiger partial charge in [-0.2, -0.15) is 0 Å². The fourth-order valence-electron chi connectivity index (χ4n) is 1.68. The highest BCUT2D eigenvalue weighted by atomic mass is 32.2. The summed E-state index contributed by atoms with van der Waals surface area (Å²) >= 11 is 0. The van der Waals surface area contributed by atoms with Crippen molar-refractivity contribution in [3.8, 4) is 0 Å². The summed E-state index contributed by atoms with van der Waals surface area (Å²) in [7, 11) is -3.14. The van der Waals surface area contributed by atoms with Crippen LogP contribution in [0.4, 0.5) is 0 Å². The first-order valence-electron chi connectivity index (χ1n) is 6.07. The summed E-state index contributed by atoms with van der Waals surface area (Å²) in [4.78, 5) is 0. The van der Waals surface area contributed by atoms with Gasteiger partial charge in [-0.1, -0.05) is 37.6 Å². The molecule has 1 rings (SSSR count). The molecule has 1 atom stereocenters. The van der Waals surface area contributed by atoms with Crippen molar-refractivity contribution in [1.82, 2.24) is 4.72 Å². The van der Waals surface area contributed by atoms with Gasteiger partial charge in [-0.25, -0.2) is 13.1 Å². The molecule has 3 nitrogen and oxygen atoms in total. The number of rotatable bonds is 6. The van der Waals surface area contributed by atoms with E-state index in [9.17, 15) is 8.42 Å². The van der Waals surface area contributed by atoms with Crippen molar-refractivity contribution >= 4 is 10.0 Å². The van der Waals surface area contributed by atoms with Gasteiger partial charge in [-0.05, 0) is 31.4 Å². The fourth-order valence-corrected chi connectivity index (χ4v) is 2.52. The SMILES string of the molecule is CCCc1ccc(C(C)NS(=O)(=O)CC)cc1. The number of hydrogen-bond acceptors (Lipinski definition) is 2. The predicted molar refractivity (Wildman–Crippen MR) is 71.4 cm³/mol. The molecule has 0 fully saturated rings. The van der Waals surface area contributed by atoms with E-state index in [1.54, 1.807) is 6.92 Å².